The van der Waals surface area contributed by atoms with Crippen LogP contribution in [0.1, 0.15) is 28.8 Å². The lowest BCUT2D eigenvalue weighted by atomic mass is 9.81. The highest BCUT2D eigenvalue weighted by Gasteiger charge is 2.27. The van der Waals surface area contributed by atoms with E-state index in [0.29, 0.717) is 6.42 Å². The first-order chi connectivity index (χ1) is 7.68. The van der Waals surface area contributed by atoms with Crippen LogP contribution in [-0.4, -0.2) is 17.3 Å². The molecule has 0 bridgehead atoms. The van der Waals surface area contributed by atoms with E-state index in [1.165, 1.54) is 0 Å². The molecule has 0 amide bonds. The minimum atomic E-state index is -0.353. The second-order valence-electron chi connectivity index (χ2n) is 4.10. The average molecular weight is 219 g/mol. The highest BCUT2D eigenvalue weighted by Crippen LogP contribution is 2.27. The molecule has 0 saturated heterocycles. The first-order valence-electron chi connectivity index (χ1n) is 5.42. The van der Waals surface area contributed by atoms with E-state index in [2.05, 4.69) is 0 Å². The summed E-state index contributed by atoms with van der Waals surface area (Å²) < 4.78 is 0. The topological polar surface area (TPSA) is 60.2 Å². The molecular weight excluding hydrogens is 206 g/mol. The molecule has 0 radical (unpaired) electrons. The number of hydrogen-bond acceptors (Lipinski definition) is 3. The minimum absolute atomic E-state index is 0.0729. The molecule has 4 heteroatoms. The van der Waals surface area contributed by atoms with Crippen molar-refractivity contribution in [3.8, 4) is 0 Å². The summed E-state index contributed by atoms with van der Waals surface area (Å²) in [6, 6.07) is 7.53. The second kappa shape index (κ2) is 4.43. The van der Waals surface area contributed by atoms with Crippen LogP contribution in [0.5, 0.6) is 0 Å². The van der Waals surface area contributed by atoms with Gasteiger partial charge in [-0.15, -0.1) is 0 Å². The molecule has 0 spiro atoms. The Bertz CT molecular complexity index is 428. The first kappa shape index (κ1) is 10.8. The number of nitro groups is 1. The fourth-order valence-electron chi connectivity index (χ4n) is 2.20. The smallest absolute Gasteiger partial charge is 0.204 e. The van der Waals surface area contributed by atoms with Gasteiger partial charge in [0.15, 0.2) is 5.78 Å². The van der Waals surface area contributed by atoms with E-state index in [0.717, 1.165) is 24.0 Å². The Morgan fingerprint density at radius 1 is 1.38 bits per heavy atom. The molecule has 1 aromatic carbocycles. The number of benzene rings is 1. The van der Waals surface area contributed by atoms with Crippen molar-refractivity contribution in [3.63, 3.8) is 0 Å². The van der Waals surface area contributed by atoms with Gasteiger partial charge in [-0.25, -0.2) is 0 Å². The zero-order chi connectivity index (χ0) is 11.5. The van der Waals surface area contributed by atoms with Crippen molar-refractivity contribution in [1.82, 2.24) is 0 Å². The Morgan fingerprint density at radius 2 is 2.12 bits per heavy atom. The molecule has 0 aliphatic heterocycles. The van der Waals surface area contributed by atoms with Crippen molar-refractivity contribution in [1.29, 1.82) is 0 Å². The van der Waals surface area contributed by atoms with Crippen LogP contribution in [0, 0.1) is 16.0 Å². The first-order valence-corrected chi connectivity index (χ1v) is 5.42. The highest BCUT2D eigenvalue weighted by atomic mass is 16.6. The Balaban J connectivity index is 2.12. The largest absolute Gasteiger partial charge is 0.294 e. The number of nitrogens with zero attached hydrogens (tertiary/aromatic N) is 1. The van der Waals surface area contributed by atoms with Gasteiger partial charge in [-0.05, 0) is 18.4 Å². The predicted octanol–water partition coefficient (Wildman–Crippen LogP) is 2.10. The van der Waals surface area contributed by atoms with Gasteiger partial charge in [0.05, 0.1) is 0 Å². The van der Waals surface area contributed by atoms with Crippen molar-refractivity contribution in [2.75, 3.05) is 6.54 Å². The lowest BCUT2D eigenvalue weighted by molar-refractivity contribution is -0.481. The zero-order valence-electron chi connectivity index (χ0n) is 8.89. The molecule has 4 nitrogen and oxygen atoms in total. The number of rotatable bonds is 3. The van der Waals surface area contributed by atoms with Gasteiger partial charge in [0.25, 0.3) is 0 Å². The SMILES string of the molecule is O=C1c2ccccc2CCC1CC[N+](=O)[O-]. The zero-order valence-corrected chi connectivity index (χ0v) is 8.89. The van der Waals surface area contributed by atoms with Crippen molar-refractivity contribution >= 4 is 5.78 Å². The molecule has 0 N–H and O–H groups in total. The molecular formula is C12H13NO3. The summed E-state index contributed by atoms with van der Waals surface area (Å²) in [5.74, 6) is -0.0935. The molecule has 84 valence electrons. The van der Waals surface area contributed by atoms with Crippen LogP contribution >= 0.6 is 0 Å². The van der Waals surface area contributed by atoms with Crippen LogP contribution in [-0.2, 0) is 6.42 Å². The molecule has 0 heterocycles. The summed E-state index contributed by atoms with van der Waals surface area (Å²) >= 11 is 0. The van der Waals surface area contributed by atoms with Gasteiger partial charge in [-0.1, -0.05) is 24.3 Å². The molecule has 2 rings (SSSR count). The maximum atomic E-state index is 12.0. The molecule has 0 saturated carbocycles. The average Bonchev–Trinajstić information content (AvgIpc) is 2.28. The lowest BCUT2D eigenvalue weighted by Gasteiger charge is -2.21. The van der Waals surface area contributed by atoms with Gasteiger partial charge in [-0.3, -0.25) is 14.9 Å². The standard InChI is InChI=1S/C12H13NO3/c14-12-10(7-8-13(15)16)6-5-9-3-1-2-4-11(9)12/h1-4,10H,5-8H2. The molecule has 0 fully saturated rings. The van der Waals surface area contributed by atoms with E-state index in [1.807, 2.05) is 24.3 Å². The maximum absolute atomic E-state index is 12.0. The Hall–Kier alpha value is -1.71. The third-order valence-electron chi connectivity index (χ3n) is 3.08. The molecule has 1 atom stereocenters. The predicted molar refractivity (Wildman–Crippen MR) is 59.1 cm³/mol. The molecule has 1 unspecified atom stereocenters. The van der Waals surface area contributed by atoms with E-state index < -0.39 is 0 Å². The number of ketones is 1. The van der Waals surface area contributed by atoms with Crippen LogP contribution in [0.25, 0.3) is 0 Å². The van der Waals surface area contributed by atoms with Crippen LogP contribution in [0.15, 0.2) is 24.3 Å². The van der Waals surface area contributed by atoms with Gasteiger partial charge >= 0.3 is 0 Å². The summed E-state index contributed by atoms with van der Waals surface area (Å²) in [5.41, 5.74) is 1.83. The lowest BCUT2D eigenvalue weighted by Crippen LogP contribution is -2.24. The third-order valence-corrected chi connectivity index (χ3v) is 3.08. The van der Waals surface area contributed by atoms with Crippen LogP contribution < -0.4 is 0 Å². The Morgan fingerprint density at radius 3 is 2.88 bits per heavy atom. The Kier molecular flexibility index (Phi) is 2.99. The summed E-state index contributed by atoms with van der Waals surface area (Å²) in [6.45, 7) is -0.113. The normalized spacial score (nSPS) is 19.2. The monoisotopic (exact) mass is 219 g/mol. The van der Waals surface area contributed by atoms with Crippen molar-refractivity contribution in [2.24, 2.45) is 5.92 Å². The van der Waals surface area contributed by atoms with Crippen molar-refractivity contribution in [3.05, 3.63) is 45.5 Å². The molecule has 1 aromatic rings. The molecule has 1 aliphatic carbocycles. The fourth-order valence-corrected chi connectivity index (χ4v) is 2.20. The summed E-state index contributed by atoms with van der Waals surface area (Å²) in [4.78, 5) is 21.9. The quantitative estimate of drug-likeness (QED) is 0.577. The molecule has 16 heavy (non-hydrogen) atoms. The van der Waals surface area contributed by atoms with Crippen molar-refractivity contribution < 1.29 is 9.72 Å². The molecule has 1 aliphatic rings. The van der Waals surface area contributed by atoms with Crippen LogP contribution in [0.2, 0.25) is 0 Å². The fraction of sp³-hybridized carbons (Fsp3) is 0.417. The minimum Gasteiger partial charge on any atom is -0.294 e. The summed E-state index contributed by atoms with van der Waals surface area (Å²) in [5, 5.41) is 10.3. The maximum Gasteiger partial charge on any atom is 0.204 e. The van der Waals surface area contributed by atoms with Gasteiger partial charge in [0, 0.05) is 22.8 Å². The van der Waals surface area contributed by atoms with E-state index in [-0.39, 0.29) is 23.2 Å². The number of hydrogen-bond donors (Lipinski definition) is 0. The number of carbonyl (C=O) groups is 1. The number of aryl methyl sites for hydroxylation is 1. The third kappa shape index (κ3) is 2.10. The summed E-state index contributed by atoms with van der Waals surface area (Å²) in [7, 11) is 0. The van der Waals surface area contributed by atoms with Crippen LogP contribution in [0.4, 0.5) is 0 Å². The number of carbonyl (C=O) groups excluding carboxylic acids is 1. The van der Waals surface area contributed by atoms with Crippen molar-refractivity contribution in [2.45, 2.75) is 19.3 Å². The van der Waals surface area contributed by atoms with Crippen LogP contribution in [0.3, 0.4) is 0 Å². The molecule has 0 aromatic heterocycles. The number of fused-ring (bicyclic) bond motifs is 1. The highest BCUT2D eigenvalue weighted by molar-refractivity contribution is 6.00. The van der Waals surface area contributed by atoms with Gasteiger partial charge in [0.2, 0.25) is 6.54 Å². The second-order valence-corrected chi connectivity index (χ2v) is 4.10. The van der Waals surface area contributed by atoms with Gasteiger partial charge < -0.3 is 0 Å². The Labute approximate surface area is 93.4 Å². The van der Waals surface area contributed by atoms with E-state index >= 15 is 0 Å². The summed E-state index contributed by atoms with van der Waals surface area (Å²) in [6.07, 6.45) is 1.95. The van der Waals surface area contributed by atoms with E-state index in [4.69, 9.17) is 0 Å². The van der Waals surface area contributed by atoms with E-state index in [1.54, 1.807) is 0 Å². The van der Waals surface area contributed by atoms with E-state index in [9.17, 15) is 14.9 Å². The van der Waals surface area contributed by atoms with Gasteiger partial charge in [-0.2, -0.15) is 0 Å². The number of Topliss-reactive ketones (excluding diaryl/α,β-unsaturated/α-hetero) is 1. The van der Waals surface area contributed by atoms with Gasteiger partial charge in [0.1, 0.15) is 0 Å².